The molecule has 4 aromatic rings. The Balaban J connectivity index is 1.19. The quantitative estimate of drug-likeness (QED) is 0.247. The molecule has 3 heterocycles. The predicted molar refractivity (Wildman–Crippen MR) is 141 cm³/mol. The fraction of sp³-hybridized carbons (Fsp3) is 0.0455. The summed E-state index contributed by atoms with van der Waals surface area (Å²) < 4.78 is 35.2. The number of benzene rings is 2. The van der Waals surface area contributed by atoms with Crippen molar-refractivity contribution in [2.45, 2.75) is 11.5 Å². The van der Waals surface area contributed by atoms with Crippen molar-refractivity contribution >= 4 is 66.8 Å². The maximum Gasteiger partial charge on any atom is 0.263 e. The molecule has 0 aliphatic carbocycles. The lowest BCUT2D eigenvalue weighted by atomic mass is 10.2. The van der Waals surface area contributed by atoms with Crippen molar-refractivity contribution in [3.05, 3.63) is 82.5 Å². The first-order chi connectivity index (χ1) is 17.4. The fourth-order valence-electron chi connectivity index (χ4n) is 3.11. The van der Waals surface area contributed by atoms with Gasteiger partial charge in [0.1, 0.15) is 22.4 Å². The number of thioether (sulfide) groups is 1. The third-order valence-corrected chi connectivity index (χ3v) is 8.15. The minimum absolute atomic E-state index is 0.110. The average Bonchev–Trinajstić information content (AvgIpc) is 3.61. The van der Waals surface area contributed by atoms with Crippen LogP contribution in [0.25, 0.3) is 11.8 Å². The van der Waals surface area contributed by atoms with E-state index in [1.165, 1.54) is 46.1 Å². The van der Waals surface area contributed by atoms with Gasteiger partial charge in [-0.25, -0.2) is 18.1 Å². The van der Waals surface area contributed by atoms with Gasteiger partial charge in [0.15, 0.2) is 5.13 Å². The Labute approximate surface area is 219 Å². The summed E-state index contributed by atoms with van der Waals surface area (Å²) in [5, 5.41) is 12.8. The van der Waals surface area contributed by atoms with Crippen LogP contribution in [0.4, 0.5) is 5.13 Å². The van der Waals surface area contributed by atoms with E-state index in [0.717, 1.165) is 5.56 Å². The van der Waals surface area contributed by atoms with E-state index < -0.39 is 10.0 Å². The predicted octanol–water partition coefficient (Wildman–Crippen LogP) is 3.59. The monoisotopic (exact) mass is 556 g/mol. The summed E-state index contributed by atoms with van der Waals surface area (Å²) in [5.74, 6) is 0.435. The van der Waals surface area contributed by atoms with Gasteiger partial charge >= 0.3 is 0 Å². The summed E-state index contributed by atoms with van der Waals surface area (Å²) in [6.45, 7) is 0.192. The van der Waals surface area contributed by atoms with Gasteiger partial charge in [0.2, 0.25) is 0 Å². The van der Waals surface area contributed by atoms with Crippen LogP contribution >= 0.6 is 35.3 Å². The number of rotatable bonds is 8. The van der Waals surface area contributed by atoms with E-state index in [0.29, 0.717) is 31.5 Å². The van der Waals surface area contributed by atoms with Crippen LogP contribution in [-0.4, -0.2) is 38.6 Å². The van der Waals surface area contributed by atoms with E-state index in [2.05, 4.69) is 25.3 Å². The minimum Gasteiger partial charge on any atom is -0.487 e. The molecule has 0 atom stereocenters. The Kier molecular flexibility index (Phi) is 6.82. The highest BCUT2D eigenvalue weighted by Gasteiger charge is 2.21. The molecule has 0 unspecified atom stereocenters. The number of sulfonamides is 1. The maximum absolute atomic E-state index is 12.5. The first-order valence-corrected chi connectivity index (χ1v) is 13.9. The van der Waals surface area contributed by atoms with Gasteiger partial charge in [0.05, 0.1) is 21.7 Å². The van der Waals surface area contributed by atoms with E-state index in [4.69, 9.17) is 17.0 Å². The molecule has 10 nitrogen and oxygen atoms in total. The number of carbonyl (C=O) groups excluding carboxylic acids is 1. The molecule has 2 N–H and O–H groups in total. The average molecular weight is 557 g/mol. The van der Waals surface area contributed by atoms with Crippen molar-refractivity contribution in [1.82, 2.24) is 25.3 Å². The highest BCUT2D eigenvalue weighted by molar-refractivity contribution is 8.26. The zero-order valence-corrected chi connectivity index (χ0v) is 21.5. The normalized spacial score (nSPS) is 14.7. The van der Waals surface area contributed by atoms with Crippen molar-refractivity contribution in [3.63, 3.8) is 0 Å². The number of aromatic nitrogens is 4. The Hall–Kier alpha value is -3.59. The smallest absolute Gasteiger partial charge is 0.263 e. The summed E-state index contributed by atoms with van der Waals surface area (Å²) in [4.78, 5) is 16.4. The maximum atomic E-state index is 12.5. The second-order valence-electron chi connectivity index (χ2n) is 7.30. The summed E-state index contributed by atoms with van der Waals surface area (Å²) in [7, 11) is -3.73. The zero-order chi connectivity index (χ0) is 25.1. The molecule has 2 aromatic carbocycles. The molecule has 36 heavy (non-hydrogen) atoms. The van der Waals surface area contributed by atoms with E-state index in [9.17, 15) is 13.2 Å². The van der Waals surface area contributed by atoms with Gasteiger partial charge in [-0.1, -0.05) is 41.3 Å². The Bertz CT molecular complexity index is 1550. The molecule has 0 saturated carbocycles. The number of carbonyl (C=O) groups is 1. The van der Waals surface area contributed by atoms with Gasteiger partial charge in [-0.2, -0.15) is 0 Å². The standard InChI is InChI=1S/C22H16N6O4S4/c29-20-19(35-22(33)24-20)11-14-1-5-17(6-2-14)32-13-15-12-28(27-25-15)16-3-7-18(8-4-16)36(30,31)26-21-23-9-10-34-21/h1-12H,13H2,(H,23,26)(H,24,29,33)/b19-11+. The molecule has 1 fully saturated rings. The molecule has 1 aliphatic rings. The first-order valence-electron chi connectivity index (χ1n) is 10.3. The SMILES string of the molecule is O=C1NC(=S)S/C1=C/c1ccc(OCc2cn(-c3ccc(S(=O)(=O)Nc4nccs4)cc3)nn2)cc1. The van der Waals surface area contributed by atoms with Crippen molar-refractivity contribution in [1.29, 1.82) is 0 Å². The summed E-state index contributed by atoms with van der Waals surface area (Å²) >= 11 is 7.42. The third kappa shape index (κ3) is 5.62. The molecule has 0 bridgehead atoms. The van der Waals surface area contributed by atoms with Crippen LogP contribution in [-0.2, 0) is 21.4 Å². The number of thiazole rings is 1. The highest BCUT2D eigenvalue weighted by atomic mass is 32.2. The van der Waals surface area contributed by atoms with Gasteiger partial charge < -0.3 is 10.1 Å². The number of nitrogens with one attached hydrogen (secondary N) is 2. The van der Waals surface area contributed by atoms with Crippen LogP contribution in [0.1, 0.15) is 11.3 Å². The summed E-state index contributed by atoms with van der Waals surface area (Å²) in [6, 6.07) is 13.5. The largest absolute Gasteiger partial charge is 0.487 e. The minimum atomic E-state index is -3.73. The molecule has 2 aromatic heterocycles. The molecule has 0 radical (unpaired) electrons. The summed E-state index contributed by atoms with van der Waals surface area (Å²) in [6.07, 6.45) is 4.99. The van der Waals surface area contributed by atoms with Gasteiger partial charge in [-0.05, 0) is 48.0 Å². The molecule has 182 valence electrons. The van der Waals surface area contributed by atoms with E-state index in [1.54, 1.807) is 41.9 Å². The molecule has 5 rings (SSSR count). The lowest BCUT2D eigenvalue weighted by Crippen LogP contribution is -2.17. The van der Waals surface area contributed by atoms with Crippen LogP contribution < -0.4 is 14.8 Å². The topological polar surface area (TPSA) is 128 Å². The highest BCUT2D eigenvalue weighted by Crippen LogP contribution is 2.26. The number of hydrogen-bond donors (Lipinski definition) is 2. The third-order valence-electron chi connectivity index (χ3n) is 4.81. The summed E-state index contributed by atoms with van der Waals surface area (Å²) in [5.41, 5.74) is 2.09. The molecule has 1 amide bonds. The molecular formula is C22H16N6O4S4. The van der Waals surface area contributed by atoms with Crippen LogP contribution in [0.15, 0.2) is 76.1 Å². The second-order valence-corrected chi connectivity index (χ2v) is 11.6. The molecular weight excluding hydrogens is 541 g/mol. The Morgan fingerprint density at radius 1 is 1.14 bits per heavy atom. The first kappa shape index (κ1) is 24.1. The lowest BCUT2D eigenvalue weighted by molar-refractivity contribution is -0.115. The van der Waals surface area contributed by atoms with Crippen molar-refractivity contribution in [3.8, 4) is 11.4 Å². The molecule has 1 saturated heterocycles. The number of thiocarbonyl (C=S) groups is 1. The number of nitrogens with zero attached hydrogens (tertiary/aromatic N) is 4. The lowest BCUT2D eigenvalue weighted by Gasteiger charge is -2.06. The van der Waals surface area contributed by atoms with Crippen LogP contribution in [0.2, 0.25) is 0 Å². The van der Waals surface area contributed by atoms with Crippen molar-refractivity contribution < 1.29 is 17.9 Å². The van der Waals surface area contributed by atoms with Crippen LogP contribution in [0, 0.1) is 0 Å². The van der Waals surface area contributed by atoms with Crippen LogP contribution in [0.5, 0.6) is 5.75 Å². The number of hydrogen-bond acceptors (Lipinski definition) is 10. The van der Waals surface area contributed by atoms with E-state index in [1.807, 2.05) is 12.1 Å². The van der Waals surface area contributed by atoms with E-state index >= 15 is 0 Å². The van der Waals surface area contributed by atoms with Gasteiger partial charge in [-0.3, -0.25) is 9.52 Å². The van der Waals surface area contributed by atoms with Crippen LogP contribution in [0.3, 0.4) is 0 Å². The molecule has 14 heteroatoms. The zero-order valence-electron chi connectivity index (χ0n) is 18.2. The van der Waals surface area contributed by atoms with E-state index in [-0.39, 0.29) is 17.4 Å². The number of ether oxygens (including phenoxy) is 1. The van der Waals surface area contributed by atoms with Gasteiger partial charge in [0.25, 0.3) is 15.9 Å². The number of amides is 1. The fourth-order valence-corrected chi connectivity index (χ4v) is 5.94. The van der Waals surface area contributed by atoms with Crippen molar-refractivity contribution in [2.75, 3.05) is 4.72 Å². The van der Waals surface area contributed by atoms with Gasteiger partial charge in [0, 0.05) is 11.6 Å². The molecule has 1 aliphatic heterocycles. The number of anilines is 1. The van der Waals surface area contributed by atoms with Gasteiger partial charge in [-0.15, -0.1) is 16.4 Å². The molecule has 0 spiro atoms. The second kappa shape index (κ2) is 10.2. The Morgan fingerprint density at radius 3 is 2.58 bits per heavy atom. The van der Waals surface area contributed by atoms with Crippen molar-refractivity contribution in [2.24, 2.45) is 0 Å². The Morgan fingerprint density at radius 2 is 1.92 bits per heavy atom.